The van der Waals surface area contributed by atoms with Crippen LogP contribution in [0.3, 0.4) is 0 Å². The van der Waals surface area contributed by atoms with E-state index in [0.717, 1.165) is 37.0 Å². The molecule has 0 saturated carbocycles. The van der Waals surface area contributed by atoms with Crippen molar-refractivity contribution in [3.8, 4) is 5.75 Å². The van der Waals surface area contributed by atoms with Crippen molar-refractivity contribution in [2.24, 2.45) is 5.92 Å². The fourth-order valence-corrected chi connectivity index (χ4v) is 3.81. The summed E-state index contributed by atoms with van der Waals surface area (Å²) in [5, 5.41) is 10.4. The van der Waals surface area contributed by atoms with Gasteiger partial charge in [0.05, 0.1) is 18.8 Å². The summed E-state index contributed by atoms with van der Waals surface area (Å²) < 4.78 is 10.5. The van der Waals surface area contributed by atoms with E-state index in [-0.39, 0.29) is 19.0 Å². The average molecular weight is 406 g/mol. The molecule has 2 aromatic carbocycles. The number of carbonyl (C=O) groups excluding carboxylic acids is 1. The van der Waals surface area contributed by atoms with E-state index < -0.39 is 12.1 Å². The van der Waals surface area contributed by atoms with Crippen LogP contribution in [0, 0.1) is 5.92 Å². The first kappa shape index (κ1) is 22.1. The number of ether oxygens (including phenoxy) is 2. The summed E-state index contributed by atoms with van der Waals surface area (Å²) in [5.74, 6) is 0.651. The summed E-state index contributed by atoms with van der Waals surface area (Å²) in [4.78, 5) is 11.9. The monoisotopic (exact) mass is 405 g/mol. The van der Waals surface area contributed by atoms with E-state index in [0.29, 0.717) is 23.6 Å². The van der Waals surface area contributed by atoms with E-state index in [9.17, 15) is 9.90 Å². The number of aryl methyl sites for hydroxylation is 1. The molecule has 1 aliphatic rings. The number of anilines is 1. The van der Waals surface area contributed by atoms with Gasteiger partial charge in [0.25, 0.3) is 0 Å². The molecule has 6 heteroatoms. The summed E-state index contributed by atoms with van der Waals surface area (Å²) in [6.45, 7) is 0.269. The van der Waals surface area contributed by atoms with Gasteiger partial charge < -0.3 is 20.3 Å². The second kappa shape index (κ2) is 10.3. The second-order valence-electron chi connectivity index (χ2n) is 7.13. The summed E-state index contributed by atoms with van der Waals surface area (Å²) >= 11 is 0. The second-order valence-corrected chi connectivity index (χ2v) is 7.13. The third kappa shape index (κ3) is 5.40. The lowest BCUT2D eigenvalue weighted by Crippen LogP contribution is -2.22. The normalized spacial score (nSPS) is 16.9. The highest BCUT2D eigenvalue weighted by Gasteiger charge is 2.24. The van der Waals surface area contributed by atoms with Gasteiger partial charge in [-0.2, -0.15) is 0 Å². The molecular formula is C22H28ClNO4. The molecule has 0 aromatic heterocycles. The smallest absolute Gasteiger partial charge is 0.339 e. The molecular weight excluding hydrogens is 378 g/mol. The van der Waals surface area contributed by atoms with Crippen LogP contribution in [-0.4, -0.2) is 30.9 Å². The van der Waals surface area contributed by atoms with Crippen molar-refractivity contribution < 1.29 is 19.4 Å². The van der Waals surface area contributed by atoms with Crippen LogP contribution in [0.15, 0.2) is 42.5 Å². The lowest BCUT2D eigenvalue weighted by atomic mass is 9.90. The number of hydrogen-bond acceptors (Lipinski definition) is 5. The first-order valence-corrected chi connectivity index (χ1v) is 9.43. The van der Waals surface area contributed by atoms with E-state index in [1.54, 1.807) is 6.07 Å². The number of aliphatic hydroxyl groups excluding tert-OH is 1. The largest absolute Gasteiger partial charge is 0.491 e. The number of hydrogen-bond donors (Lipinski definition) is 2. The number of aliphatic hydroxyl groups is 1. The highest BCUT2D eigenvalue weighted by atomic mass is 35.5. The Labute approximate surface area is 172 Å². The number of nitrogens with two attached hydrogens (primary N) is 1. The number of fused-ring (bicyclic) bond motifs is 1. The number of para-hydroxylation sites is 1. The van der Waals surface area contributed by atoms with Gasteiger partial charge in [0, 0.05) is 5.69 Å². The molecule has 0 fully saturated rings. The molecule has 2 aromatic rings. The van der Waals surface area contributed by atoms with E-state index in [4.69, 9.17) is 15.2 Å². The highest BCUT2D eigenvalue weighted by Crippen LogP contribution is 2.33. The number of halogens is 1. The third-order valence-electron chi connectivity index (χ3n) is 5.20. The quantitative estimate of drug-likeness (QED) is 0.434. The molecule has 0 saturated heterocycles. The SMILES string of the molecule is COC(=O)c1ccc2c(c1N)CC(C[C@H](O)COc1ccccc1)CCC2.Cl. The first-order chi connectivity index (χ1) is 13.1. The van der Waals surface area contributed by atoms with Crippen LogP contribution in [-0.2, 0) is 17.6 Å². The Morgan fingerprint density at radius 2 is 2.00 bits per heavy atom. The molecule has 152 valence electrons. The van der Waals surface area contributed by atoms with Crippen molar-refractivity contribution in [2.45, 2.75) is 38.2 Å². The zero-order chi connectivity index (χ0) is 19.2. The standard InChI is InChI=1S/C22H27NO4.ClH/c1-26-22(25)19-11-10-16-7-5-6-15(13-20(16)21(19)23)12-17(24)14-27-18-8-3-2-4-9-18;/h2-4,8-11,15,17,24H,5-7,12-14,23H2,1H3;1H/t15?,17-;/m0./s1. The Kier molecular flexibility index (Phi) is 8.15. The van der Waals surface area contributed by atoms with Crippen molar-refractivity contribution in [3.63, 3.8) is 0 Å². The fraction of sp³-hybridized carbons (Fsp3) is 0.409. The van der Waals surface area contributed by atoms with Gasteiger partial charge in [0.2, 0.25) is 0 Å². The van der Waals surface area contributed by atoms with Crippen molar-refractivity contribution in [1.29, 1.82) is 0 Å². The lowest BCUT2D eigenvalue weighted by molar-refractivity contribution is 0.0601. The molecule has 2 atom stereocenters. The first-order valence-electron chi connectivity index (χ1n) is 9.43. The van der Waals surface area contributed by atoms with E-state index >= 15 is 0 Å². The number of methoxy groups -OCH3 is 1. The number of nitrogen functional groups attached to an aromatic ring is 1. The highest BCUT2D eigenvalue weighted by molar-refractivity contribution is 5.96. The molecule has 3 N–H and O–H groups in total. The predicted molar refractivity (Wildman–Crippen MR) is 112 cm³/mol. The molecule has 28 heavy (non-hydrogen) atoms. The summed E-state index contributed by atoms with van der Waals surface area (Å²) in [7, 11) is 1.36. The molecule has 0 spiro atoms. The van der Waals surface area contributed by atoms with Crippen molar-refractivity contribution in [1.82, 2.24) is 0 Å². The van der Waals surface area contributed by atoms with Gasteiger partial charge in [-0.3, -0.25) is 0 Å². The Morgan fingerprint density at radius 3 is 2.71 bits per heavy atom. The maximum atomic E-state index is 11.9. The Bertz CT molecular complexity index is 782. The van der Waals surface area contributed by atoms with Crippen LogP contribution in [0.5, 0.6) is 5.75 Å². The van der Waals surface area contributed by atoms with Gasteiger partial charge in [-0.05, 0) is 67.3 Å². The van der Waals surface area contributed by atoms with Gasteiger partial charge in [0.1, 0.15) is 12.4 Å². The lowest BCUT2D eigenvalue weighted by Gasteiger charge is -2.20. The topological polar surface area (TPSA) is 81.8 Å². The summed E-state index contributed by atoms with van der Waals surface area (Å²) in [5.41, 5.74) is 9.44. The van der Waals surface area contributed by atoms with Crippen LogP contribution in [0.2, 0.25) is 0 Å². The summed E-state index contributed by atoms with van der Waals surface area (Å²) in [6, 6.07) is 13.2. The van der Waals surface area contributed by atoms with Crippen molar-refractivity contribution in [2.75, 3.05) is 19.5 Å². The minimum absolute atomic E-state index is 0. The third-order valence-corrected chi connectivity index (χ3v) is 5.20. The Hall–Kier alpha value is -2.24. The zero-order valence-corrected chi connectivity index (χ0v) is 16.9. The molecule has 1 unspecified atom stereocenters. The average Bonchev–Trinajstić information content (AvgIpc) is 2.89. The number of benzene rings is 2. The van der Waals surface area contributed by atoms with E-state index in [2.05, 4.69) is 0 Å². The van der Waals surface area contributed by atoms with E-state index in [1.807, 2.05) is 36.4 Å². The maximum Gasteiger partial charge on any atom is 0.339 e. The van der Waals surface area contributed by atoms with Crippen LogP contribution in [0.1, 0.15) is 40.7 Å². The molecule has 0 heterocycles. The van der Waals surface area contributed by atoms with Gasteiger partial charge in [0.15, 0.2) is 0 Å². The zero-order valence-electron chi connectivity index (χ0n) is 16.1. The van der Waals surface area contributed by atoms with Crippen LogP contribution >= 0.6 is 12.4 Å². The molecule has 0 radical (unpaired) electrons. The van der Waals surface area contributed by atoms with Crippen LogP contribution in [0.25, 0.3) is 0 Å². The summed E-state index contributed by atoms with van der Waals surface area (Å²) in [6.07, 6.45) is 3.86. The molecule has 0 aliphatic heterocycles. The molecule has 0 amide bonds. The predicted octanol–water partition coefficient (Wildman–Crippen LogP) is 3.80. The maximum absolute atomic E-state index is 11.9. The fourth-order valence-electron chi connectivity index (χ4n) is 3.81. The van der Waals surface area contributed by atoms with Gasteiger partial charge in [-0.1, -0.05) is 24.3 Å². The van der Waals surface area contributed by atoms with Crippen molar-refractivity contribution >= 4 is 24.1 Å². The number of esters is 1. The van der Waals surface area contributed by atoms with Crippen LogP contribution < -0.4 is 10.5 Å². The van der Waals surface area contributed by atoms with Gasteiger partial charge in [-0.25, -0.2) is 4.79 Å². The van der Waals surface area contributed by atoms with Gasteiger partial charge in [-0.15, -0.1) is 12.4 Å². The molecule has 0 bridgehead atoms. The Balaban J connectivity index is 0.00000280. The Morgan fingerprint density at radius 1 is 1.25 bits per heavy atom. The van der Waals surface area contributed by atoms with Crippen LogP contribution in [0.4, 0.5) is 5.69 Å². The molecule has 1 aliphatic carbocycles. The minimum Gasteiger partial charge on any atom is -0.491 e. The van der Waals surface area contributed by atoms with E-state index in [1.165, 1.54) is 12.7 Å². The molecule has 5 nitrogen and oxygen atoms in total. The molecule has 3 rings (SSSR count). The minimum atomic E-state index is -0.540. The van der Waals surface area contributed by atoms with Crippen molar-refractivity contribution in [3.05, 3.63) is 59.2 Å². The number of carbonyl (C=O) groups is 1. The number of rotatable bonds is 6. The van der Waals surface area contributed by atoms with Gasteiger partial charge >= 0.3 is 5.97 Å².